The summed E-state index contributed by atoms with van der Waals surface area (Å²) in [5.74, 6) is 0.892. The Morgan fingerprint density at radius 1 is 1.38 bits per heavy atom. The van der Waals surface area contributed by atoms with E-state index < -0.39 is 0 Å². The van der Waals surface area contributed by atoms with E-state index >= 15 is 0 Å². The van der Waals surface area contributed by atoms with Gasteiger partial charge in [0.25, 0.3) is 0 Å². The molecule has 1 aliphatic rings. The Balaban J connectivity index is 2.28. The molecule has 0 aromatic rings. The molecule has 1 heteroatoms. The maximum Gasteiger partial charge on any atom is 0.00643 e. The van der Waals surface area contributed by atoms with Crippen molar-refractivity contribution >= 4 is 0 Å². The molecule has 0 amide bonds. The van der Waals surface area contributed by atoms with Gasteiger partial charge in [-0.1, -0.05) is 6.92 Å². The van der Waals surface area contributed by atoms with Crippen LogP contribution in [0.5, 0.6) is 0 Å². The molecule has 2 atom stereocenters. The van der Waals surface area contributed by atoms with E-state index in [9.17, 15) is 0 Å². The predicted molar refractivity (Wildman–Crippen MR) is 35.9 cm³/mol. The highest BCUT2D eigenvalue weighted by Crippen LogP contribution is 2.13. The highest BCUT2D eigenvalue weighted by molar-refractivity contribution is 4.73. The number of hydrogen-bond acceptors (Lipinski definition) is 1. The number of piperidine rings is 1. The second-order valence-electron chi connectivity index (χ2n) is 2.86. The Kier molecular flexibility index (Phi) is 1.90. The van der Waals surface area contributed by atoms with Gasteiger partial charge in [0.1, 0.15) is 0 Å². The molecule has 0 bridgehead atoms. The topological polar surface area (TPSA) is 12.0 Å². The molecule has 1 nitrogen and oxygen atoms in total. The van der Waals surface area contributed by atoms with Crippen LogP contribution in [0.2, 0.25) is 0 Å². The van der Waals surface area contributed by atoms with Crippen LogP contribution < -0.4 is 5.32 Å². The first-order chi connectivity index (χ1) is 3.80. The molecule has 0 saturated carbocycles. The standard InChI is InChI=1S/C7H15N/c1-6-4-3-5-8-7(6)2/h6-8H,3-5H2,1-2H3. The average molecular weight is 113 g/mol. The molecule has 1 saturated heterocycles. The van der Waals surface area contributed by atoms with Gasteiger partial charge in [-0.05, 0) is 32.2 Å². The lowest BCUT2D eigenvalue weighted by Crippen LogP contribution is -2.37. The molecule has 0 aromatic carbocycles. The van der Waals surface area contributed by atoms with Crippen LogP contribution in [0.3, 0.4) is 0 Å². The van der Waals surface area contributed by atoms with E-state index in [4.69, 9.17) is 0 Å². The fourth-order valence-corrected chi connectivity index (χ4v) is 1.20. The largest absolute Gasteiger partial charge is 0.314 e. The molecule has 8 heavy (non-hydrogen) atoms. The maximum atomic E-state index is 3.43. The van der Waals surface area contributed by atoms with Crippen molar-refractivity contribution in [3.05, 3.63) is 0 Å². The average Bonchev–Trinajstić information content (AvgIpc) is 1.77. The third-order valence-electron chi connectivity index (χ3n) is 2.16. The van der Waals surface area contributed by atoms with Crippen molar-refractivity contribution in [2.75, 3.05) is 6.54 Å². The lowest BCUT2D eigenvalue weighted by Gasteiger charge is -2.26. The highest BCUT2D eigenvalue weighted by atomic mass is 14.9. The van der Waals surface area contributed by atoms with E-state index in [-0.39, 0.29) is 0 Å². The van der Waals surface area contributed by atoms with Crippen LogP contribution in [0.25, 0.3) is 0 Å². The minimum absolute atomic E-state index is 0.753. The van der Waals surface area contributed by atoms with Crippen molar-refractivity contribution in [2.24, 2.45) is 5.92 Å². The van der Waals surface area contributed by atoms with Gasteiger partial charge in [-0.25, -0.2) is 0 Å². The fraction of sp³-hybridized carbons (Fsp3) is 1.00. The third kappa shape index (κ3) is 1.22. The smallest absolute Gasteiger partial charge is 0.00643 e. The van der Waals surface area contributed by atoms with E-state index in [1.807, 2.05) is 0 Å². The number of rotatable bonds is 0. The molecule has 1 N–H and O–H groups in total. The summed E-state index contributed by atoms with van der Waals surface area (Å²) in [4.78, 5) is 0. The summed E-state index contributed by atoms with van der Waals surface area (Å²) in [6.45, 7) is 5.81. The Morgan fingerprint density at radius 2 is 2.12 bits per heavy atom. The Bertz CT molecular complexity index is 60.8. The van der Waals surface area contributed by atoms with Crippen LogP contribution in [0.1, 0.15) is 26.7 Å². The number of hydrogen-bond donors (Lipinski definition) is 1. The first kappa shape index (κ1) is 6.09. The zero-order valence-electron chi connectivity index (χ0n) is 5.78. The lowest BCUT2D eigenvalue weighted by molar-refractivity contribution is 0.319. The first-order valence-electron chi connectivity index (χ1n) is 3.54. The van der Waals surface area contributed by atoms with Gasteiger partial charge >= 0.3 is 0 Å². The molecule has 48 valence electrons. The van der Waals surface area contributed by atoms with Gasteiger partial charge < -0.3 is 5.32 Å². The van der Waals surface area contributed by atoms with E-state index in [1.54, 1.807) is 0 Å². The van der Waals surface area contributed by atoms with Crippen LogP contribution in [0.4, 0.5) is 0 Å². The summed E-state index contributed by atoms with van der Waals surface area (Å²) in [5, 5.41) is 3.43. The molecule has 1 heterocycles. The van der Waals surface area contributed by atoms with Crippen LogP contribution in [-0.4, -0.2) is 12.6 Å². The van der Waals surface area contributed by atoms with E-state index in [0.29, 0.717) is 0 Å². The van der Waals surface area contributed by atoms with Gasteiger partial charge in [0.15, 0.2) is 0 Å². The number of nitrogens with one attached hydrogen (secondary N) is 1. The van der Waals surface area contributed by atoms with Crippen molar-refractivity contribution in [3.63, 3.8) is 0 Å². The zero-order valence-corrected chi connectivity index (χ0v) is 5.78. The molecule has 1 rings (SSSR count). The SMILES string of the molecule is CC1CCCNC1C. The van der Waals surface area contributed by atoms with Gasteiger partial charge in [0, 0.05) is 6.04 Å². The van der Waals surface area contributed by atoms with Gasteiger partial charge in [-0.3, -0.25) is 0 Å². The van der Waals surface area contributed by atoms with Crippen LogP contribution in [0, 0.1) is 5.92 Å². The second kappa shape index (κ2) is 2.49. The Labute approximate surface area is 51.5 Å². The maximum absolute atomic E-state index is 3.43. The van der Waals surface area contributed by atoms with Crippen molar-refractivity contribution in [1.29, 1.82) is 0 Å². The lowest BCUT2D eigenvalue weighted by atomic mass is 9.94. The van der Waals surface area contributed by atoms with Gasteiger partial charge in [0.2, 0.25) is 0 Å². The normalized spacial score (nSPS) is 39.8. The van der Waals surface area contributed by atoms with Gasteiger partial charge in [0.05, 0.1) is 0 Å². The summed E-state index contributed by atoms with van der Waals surface area (Å²) in [6, 6.07) is 0.753. The summed E-state index contributed by atoms with van der Waals surface area (Å²) in [5.41, 5.74) is 0. The fourth-order valence-electron chi connectivity index (χ4n) is 1.20. The van der Waals surface area contributed by atoms with Crippen molar-refractivity contribution in [2.45, 2.75) is 32.7 Å². The van der Waals surface area contributed by atoms with Gasteiger partial charge in [-0.2, -0.15) is 0 Å². The van der Waals surface area contributed by atoms with Crippen molar-refractivity contribution < 1.29 is 0 Å². The van der Waals surface area contributed by atoms with Crippen LogP contribution >= 0.6 is 0 Å². The molecule has 0 spiro atoms. The quantitative estimate of drug-likeness (QED) is 0.500. The summed E-state index contributed by atoms with van der Waals surface area (Å²) in [6.07, 6.45) is 2.78. The van der Waals surface area contributed by atoms with Crippen LogP contribution in [-0.2, 0) is 0 Å². The molecule has 1 fully saturated rings. The molecule has 2 unspecified atom stereocenters. The molecule has 1 aliphatic heterocycles. The third-order valence-corrected chi connectivity index (χ3v) is 2.16. The Hall–Kier alpha value is -0.0400. The van der Waals surface area contributed by atoms with E-state index in [1.165, 1.54) is 19.4 Å². The first-order valence-corrected chi connectivity index (χ1v) is 3.54. The van der Waals surface area contributed by atoms with Gasteiger partial charge in [-0.15, -0.1) is 0 Å². The molecule has 0 aliphatic carbocycles. The highest BCUT2D eigenvalue weighted by Gasteiger charge is 2.14. The monoisotopic (exact) mass is 113 g/mol. The van der Waals surface area contributed by atoms with E-state index in [2.05, 4.69) is 19.2 Å². The summed E-state index contributed by atoms with van der Waals surface area (Å²) in [7, 11) is 0. The summed E-state index contributed by atoms with van der Waals surface area (Å²) < 4.78 is 0. The van der Waals surface area contributed by atoms with Crippen molar-refractivity contribution in [3.8, 4) is 0 Å². The minimum atomic E-state index is 0.753. The molecule has 0 aromatic heterocycles. The predicted octanol–water partition coefficient (Wildman–Crippen LogP) is 1.39. The molecule has 0 radical (unpaired) electrons. The zero-order chi connectivity index (χ0) is 5.98. The Morgan fingerprint density at radius 3 is 2.50 bits per heavy atom. The molecular formula is C7H15N. The second-order valence-corrected chi connectivity index (χ2v) is 2.86. The van der Waals surface area contributed by atoms with E-state index in [0.717, 1.165) is 12.0 Å². The van der Waals surface area contributed by atoms with Crippen molar-refractivity contribution in [1.82, 2.24) is 5.32 Å². The minimum Gasteiger partial charge on any atom is -0.314 e. The summed E-state index contributed by atoms with van der Waals surface area (Å²) >= 11 is 0. The van der Waals surface area contributed by atoms with Crippen LogP contribution in [0.15, 0.2) is 0 Å². The molecular weight excluding hydrogens is 98.1 g/mol.